The number of hydrogen-bond acceptors (Lipinski definition) is 3. The standard InChI is InChI=1S/C14H10Cl2F2N2O2/c15-9-1-2-12(22-14(17)18)8(5-9)6-20-13(21)10-3-4-19-7-11(10)16/h1-5,7,14H,6H2,(H,20,21). The lowest BCUT2D eigenvalue weighted by Crippen LogP contribution is -2.23. The van der Waals surface area contributed by atoms with Crippen LogP contribution in [0.4, 0.5) is 8.78 Å². The summed E-state index contributed by atoms with van der Waals surface area (Å²) in [5.41, 5.74) is 0.557. The summed E-state index contributed by atoms with van der Waals surface area (Å²) in [6, 6.07) is 5.62. The highest BCUT2D eigenvalue weighted by Gasteiger charge is 2.13. The molecule has 0 radical (unpaired) electrons. The van der Waals surface area contributed by atoms with Crippen LogP contribution in [0.25, 0.3) is 0 Å². The summed E-state index contributed by atoms with van der Waals surface area (Å²) in [5, 5.41) is 3.09. The van der Waals surface area contributed by atoms with Crippen molar-refractivity contribution in [2.75, 3.05) is 0 Å². The van der Waals surface area contributed by atoms with Crippen molar-refractivity contribution in [1.29, 1.82) is 0 Å². The van der Waals surface area contributed by atoms with Crippen LogP contribution in [0.15, 0.2) is 36.7 Å². The first-order chi connectivity index (χ1) is 10.5. The monoisotopic (exact) mass is 346 g/mol. The van der Waals surface area contributed by atoms with Gasteiger partial charge in [-0.05, 0) is 24.3 Å². The summed E-state index contributed by atoms with van der Waals surface area (Å²) in [5.74, 6) is -0.518. The van der Waals surface area contributed by atoms with Gasteiger partial charge in [0.05, 0.1) is 10.6 Å². The summed E-state index contributed by atoms with van der Waals surface area (Å²) < 4.78 is 29.1. The zero-order valence-electron chi connectivity index (χ0n) is 11.0. The molecule has 0 spiro atoms. The number of rotatable bonds is 5. The molecule has 0 fully saturated rings. The predicted octanol–water partition coefficient (Wildman–Crippen LogP) is 3.92. The van der Waals surface area contributed by atoms with E-state index in [4.69, 9.17) is 23.2 Å². The fourth-order valence-corrected chi connectivity index (χ4v) is 2.13. The Morgan fingerprint density at radius 3 is 2.77 bits per heavy atom. The number of amides is 1. The molecule has 0 bridgehead atoms. The molecule has 0 unspecified atom stereocenters. The van der Waals surface area contributed by atoms with Crippen molar-refractivity contribution in [3.63, 3.8) is 0 Å². The van der Waals surface area contributed by atoms with Crippen LogP contribution in [-0.2, 0) is 6.54 Å². The average molecular weight is 347 g/mol. The lowest BCUT2D eigenvalue weighted by molar-refractivity contribution is -0.0504. The first kappa shape index (κ1) is 16.5. The molecule has 0 saturated carbocycles. The molecule has 0 atom stereocenters. The maximum absolute atomic E-state index is 12.4. The topological polar surface area (TPSA) is 51.2 Å². The van der Waals surface area contributed by atoms with Gasteiger partial charge in [0.1, 0.15) is 5.75 Å². The highest BCUT2D eigenvalue weighted by atomic mass is 35.5. The number of nitrogens with zero attached hydrogens (tertiary/aromatic N) is 1. The fraction of sp³-hybridized carbons (Fsp3) is 0.143. The molecule has 0 aliphatic rings. The summed E-state index contributed by atoms with van der Waals surface area (Å²) in [6.07, 6.45) is 2.76. The summed E-state index contributed by atoms with van der Waals surface area (Å²) >= 11 is 11.7. The van der Waals surface area contributed by atoms with Gasteiger partial charge in [-0.3, -0.25) is 9.78 Å². The fourth-order valence-electron chi connectivity index (χ4n) is 1.73. The van der Waals surface area contributed by atoms with Gasteiger partial charge in [0.25, 0.3) is 5.91 Å². The minimum atomic E-state index is -2.97. The smallest absolute Gasteiger partial charge is 0.387 e. The van der Waals surface area contributed by atoms with Gasteiger partial charge < -0.3 is 10.1 Å². The van der Waals surface area contributed by atoms with Crippen molar-refractivity contribution in [3.8, 4) is 5.75 Å². The molecule has 116 valence electrons. The van der Waals surface area contributed by atoms with Gasteiger partial charge >= 0.3 is 6.61 Å². The van der Waals surface area contributed by atoms with E-state index in [2.05, 4.69) is 15.0 Å². The Bertz CT molecular complexity index is 684. The van der Waals surface area contributed by atoms with E-state index in [1.54, 1.807) is 0 Å². The highest BCUT2D eigenvalue weighted by molar-refractivity contribution is 6.33. The Morgan fingerprint density at radius 2 is 2.09 bits per heavy atom. The van der Waals surface area contributed by atoms with Gasteiger partial charge in [0.15, 0.2) is 0 Å². The van der Waals surface area contributed by atoms with Crippen molar-refractivity contribution in [1.82, 2.24) is 10.3 Å². The Hall–Kier alpha value is -1.92. The Balaban J connectivity index is 2.12. The van der Waals surface area contributed by atoms with Crippen molar-refractivity contribution in [2.45, 2.75) is 13.2 Å². The van der Waals surface area contributed by atoms with Gasteiger partial charge in [-0.15, -0.1) is 0 Å². The summed E-state index contributed by atoms with van der Waals surface area (Å²) in [7, 11) is 0. The molecule has 0 aliphatic carbocycles. The molecule has 8 heteroatoms. The molecular formula is C14H10Cl2F2N2O2. The van der Waals surface area contributed by atoms with E-state index in [-0.39, 0.29) is 22.9 Å². The summed E-state index contributed by atoms with van der Waals surface area (Å²) in [6.45, 7) is -3.01. The third kappa shape index (κ3) is 4.29. The van der Waals surface area contributed by atoms with Crippen molar-refractivity contribution < 1.29 is 18.3 Å². The van der Waals surface area contributed by atoms with E-state index < -0.39 is 12.5 Å². The van der Waals surface area contributed by atoms with Crippen molar-refractivity contribution in [2.24, 2.45) is 0 Å². The first-order valence-electron chi connectivity index (χ1n) is 6.08. The Labute approximate surface area is 135 Å². The molecule has 1 aromatic carbocycles. The normalized spacial score (nSPS) is 10.6. The largest absolute Gasteiger partial charge is 0.434 e. The number of carbonyl (C=O) groups excluding carboxylic acids is 1. The molecular weight excluding hydrogens is 337 g/mol. The van der Waals surface area contributed by atoms with Gasteiger partial charge in [-0.25, -0.2) is 0 Å². The minimum absolute atomic E-state index is 0.0416. The van der Waals surface area contributed by atoms with Crippen LogP contribution in [0.5, 0.6) is 5.75 Å². The zero-order chi connectivity index (χ0) is 16.1. The molecule has 1 heterocycles. The van der Waals surface area contributed by atoms with Crippen LogP contribution in [0, 0.1) is 0 Å². The molecule has 2 aromatic rings. The quantitative estimate of drug-likeness (QED) is 0.892. The predicted molar refractivity (Wildman–Crippen MR) is 78.5 cm³/mol. The SMILES string of the molecule is O=C(NCc1cc(Cl)ccc1OC(F)F)c1ccncc1Cl. The maximum Gasteiger partial charge on any atom is 0.387 e. The van der Waals surface area contributed by atoms with Gasteiger partial charge in [-0.2, -0.15) is 8.78 Å². The van der Waals surface area contributed by atoms with Crippen molar-refractivity contribution in [3.05, 3.63) is 57.8 Å². The number of aromatic nitrogens is 1. The third-order valence-corrected chi connectivity index (χ3v) is 3.23. The van der Waals surface area contributed by atoms with Crippen LogP contribution >= 0.6 is 23.2 Å². The number of alkyl halides is 2. The third-order valence-electron chi connectivity index (χ3n) is 2.70. The van der Waals surface area contributed by atoms with Crippen LogP contribution in [0.1, 0.15) is 15.9 Å². The van der Waals surface area contributed by atoms with E-state index in [1.807, 2.05) is 0 Å². The number of ether oxygens (including phenoxy) is 1. The maximum atomic E-state index is 12.4. The Morgan fingerprint density at radius 1 is 1.32 bits per heavy atom. The van der Waals surface area contributed by atoms with Gasteiger partial charge in [0, 0.05) is 29.5 Å². The second kappa shape index (κ2) is 7.38. The molecule has 0 aliphatic heterocycles. The van der Waals surface area contributed by atoms with E-state index in [0.29, 0.717) is 10.6 Å². The van der Waals surface area contributed by atoms with E-state index >= 15 is 0 Å². The van der Waals surface area contributed by atoms with Crippen LogP contribution in [0.2, 0.25) is 10.0 Å². The van der Waals surface area contributed by atoms with Gasteiger partial charge in [-0.1, -0.05) is 23.2 Å². The Kier molecular flexibility index (Phi) is 5.51. The van der Waals surface area contributed by atoms with Gasteiger partial charge in [0.2, 0.25) is 0 Å². The van der Waals surface area contributed by atoms with Crippen molar-refractivity contribution >= 4 is 29.1 Å². The molecule has 1 amide bonds. The van der Waals surface area contributed by atoms with Crippen LogP contribution in [-0.4, -0.2) is 17.5 Å². The van der Waals surface area contributed by atoms with Crippen LogP contribution in [0.3, 0.4) is 0 Å². The summed E-state index contributed by atoms with van der Waals surface area (Å²) in [4.78, 5) is 15.8. The lowest BCUT2D eigenvalue weighted by atomic mass is 10.2. The second-order valence-corrected chi connectivity index (χ2v) is 5.01. The lowest BCUT2D eigenvalue weighted by Gasteiger charge is -2.12. The minimum Gasteiger partial charge on any atom is -0.434 e. The molecule has 0 saturated heterocycles. The number of nitrogens with one attached hydrogen (secondary N) is 1. The number of halogens is 4. The zero-order valence-corrected chi connectivity index (χ0v) is 12.5. The van der Waals surface area contributed by atoms with E-state index in [1.165, 1.54) is 36.7 Å². The van der Waals surface area contributed by atoms with Crippen LogP contribution < -0.4 is 10.1 Å². The number of hydrogen-bond donors (Lipinski definition) is 1. The highest BCUT2D eigenvalue weighted by Crippen LogP contribution is 2.24. The van der Waals surface area contributed by atoms with E-state index in [9.17, 15) is 13.6 Å². The van der Waals surface area contributed by atoms with E-state index in [0.717, 1.165) is 0 Å². The first-order valence-corrected chi connectivity index (χ1v) is 6.84. The molecule has 1 aromatic heterocycles. The molecule has 1 N–H and O–H groups in total. The molecule has 2 rings (SSSR count). The second-order valence-electron chi connectivity index (χ2n) is 4.17. The number of pyridine rings is 1. The molecule has 22 heavy (non-hydrogen) atoms. The average Bonchev–Trinajstić information content (AvgIpc) is 2.47. The number of benzene rings is 1. The number of carbonyl (C=O) groups is 1. The molecule has 4 nitrogen and oxygen atoms in total.